The number of alkyl halides is 2. The van der Waals surface area contributed by atoms with Crippen molar-refractivity contribution in [1.82, 2.24) is 30.0 Å². The number of morpholine rings is 2. The maximum atomic E-state index is 13.8. The third-order valence-electron chi connectivity index (χ3n) is 10.7. The second kappa shape index (κ2) is 24.6. The first-order valence-corrected chi connectivity index (χ1v) is 25.3. The molecule has 0 spiro atoms. The summed E-state index contributed by atoms with van der Waals surface area (Å²) in [7, 11) is -7.61. The molecule has 25 heteroatoms. The highest BCUT2D eigenvalue weighted by Crippen LogP contribution is 2.29. The van der Waals surface area contributed by atoms with E-state index in [2.05, 4.69) is 30.0 Å². The van der Waals surface area contributed by atoms with Gasteiger partial charge in [0.15, 0.2) is 5.78 Å². The number of ketones is 1. The summed E-state index contributed by atoms with van der Waals surface area (Å²) >= 11 is 11.8. The lowest BCUT2D eigenvalue weighted by Crippen LogP contribution is -2.38. The number of sulfonamides is 2. The normalized spacial score (nSPS) is 14.9. The standard InChI is InChI=1S/C22H23ClF3N5O4S.C21H26ClFN4O4S/c23-18-12-17(4-5-19(18)24)31(36(32,33)11-1-6-30-7-9-34-10-8-30)14-16-3-2-15(13-27-16)21-28-29-22(35-21)20(25)26;22-19-12-18(4-5-20(19)23)27(15-17-3-2-16(14-25-17)21(28)13-24)32(29,30)11-1-6-26-7-9-31-10-8-26/h2-5,12-13,20H,1,6-11,14H2;2-5,12,14H,1,6-11,13,15,24H2. The first-order chi connectivity index (χ1) is 32.5. The summed E-state index contributed by atoms with van der Waals surface area (Å²) in [6, 6.07) is 13.6. The summed E-state index contributed by atoms with van der Waals surface area (Å²) in [5, 5.41) is 6.46. The minimum atomic E-state index is -3.84. The number of rotatable bonds is 20. The van der Waals surface area contributed by atoms with Crippen LogP contribution in [0, 0.1) is 11.6 Å². The van der Waals surface area contributed by atoms with E-state index in [1.54, 1.807) is 12.1 Å². The van der Waals surface area contributed by atoms with Crippen LogP contribution in [0.5, 0.6) is 0 Å². The third-order valence-corrected chi connectivity index (χ3v) is 14.9. The fraction of sp³-hybridized carbons (Fsp3) is 0.419. The second-order valence-corrected chi connectivity index (χ2v) is 20.2. The molecule has 0 bridgehead atoms. The van der Waals surface area contributed by atoms with E-state index >= 15 is 0 Å². The van der Waals surface area contributed by atoms with Crippen molar-refractivity contribution >= 4 is 60.4 Å². The van der Waals surface area contributed by atoms with Crippen molar-refractivity contribution in [2.24, 2.45) is 5.73 Å². The van der Waals surface area contributed by atoms with Gasteiger partial charge in [0.1, 0.15) is 11.6 Å². The van der Waals surface area contributed by atoms with Crippen molar-refractivity contribution in [1.29, 1.82) is 0 Å². The van der Waals surface area contributed by atoms with Crippen LogP contribution < -0.4 is 14.3 Å². The third kappa shape index (κ3) is 14.8. The number of carbonyl (C=O) groups is 1. The Bertz CT molecular complexity index is 2660. The fourth-order valence-electron chi connectivity index (χ4n) is 6.97. The van der Waals surface area contributed by atoms with Crippen LogP contribution in [0.4, 0.5) is 28.9 Å². The zero-order valence-corrected chi connectivity index (χ0v) is 39.7. The summed E-state index contributed by atoms with van der Waals surface area (Å²) in [4.78, 5) is 24.4. The number of Topliss-reactive ketones (excluding diaryl/α,β-unsaturated/α-hetero) is 1. The number of hydrogen-bond acceptors (Lipinski definition) is 15. The fourth-order valence-corrected chi connectivity index (χ4v) is 10.3. The number of hydrogen-bond donors (Lipinski definition) is 1. The Balaban J connectivity index is 0.000000226. The molecule has 3 aromatic heterocycles. The van der Waals surface area contributed by atoms with Crippen LogP contribution in [0.1, 0.15) is 46.9 Å². The van der Waals surface area contributed by atoms with E-state index in [9.17, 15) is 39.2 Å². The van der Waals surface area contributed by atoms with Gasteiger partial charge in [-0.05, 0) is 86.6 Å². The number of pyridine rings is 2. The Morgan fingerprint density at radius 3 is 1.59 bits per heavy atom. The molecular formula is C43H49Cl2F4N9O8S2. The molecule has 0 aliphatic carbocycles. The highest BCUT2D eigenvalue weighted by atomic mass is 35.5. The number of aromatic nitrogens is 4. The number of carbonyl (C=O) groups excluding carboxylic acids is 1. The quantitative estimate of drug-likeness (QED) is 0.0702. The number of halogens is 6. The minimum absolute atomic E-state index is 0.0844. The molecule has 0 saturated carbocycles. The van der Waals surface area contributed by atoms with Gasteiger partial charge in [-0.15, -0.1) is 10.2 Å². The van der Waals surface area contributed by atoms with Crippen LogP contribution >= 0.6 is 23.2 Å². The molecule has 2 N–H and O–H groups in total. The average Bonchev–Trinajstić information content (AvgIpc) is 3.84. The van der Waals surface area contributed by atoms with Crippen LogP contribution in [0.25, 0.3) is 11.5 Å². The molecule has 2 aromatic carbocycles. The Labute approximate surface area is 401 Å². The van der Waals surface area contributed by atoms with Gasteiger partial charge in [-0.3, -0.25) is 33.2 Å². The molecule has 2 aliphatic heterocycles. The van der Waals surface area contributed by atoms with Crippen LogP contribution in [0.15, 0.2) is 77.5 Å². The molecule has 7 rings (SSSR count). The highest BCUT2D eigenvalue weighted by Gasteiger charge is 2.27. The molecule has 2 fully saturated rings. The van der Waals surface area contributed by atoms with Gasteiger partial charge in [0, 0.05) is 44.1 Å². The first kappa shape index (κ1) is 52.5. The van der Waals surface area contributed by atoms with E-state index in [4.69, 9.17) is 42.8 Å². The second-order valence-electron chi connectivity index (χ2n) is 15.4. The lowest BCUT2D eigenvalue weighted by molar-refractivity contribution is 0.0380. The molecule has 0 unspecified atom stereocenters. The van der Waals surface area contributed by atoms with Crippen molar-refractivity contribution in [2.45, 2.75) is 32.4 Å². The molecule has 5 heterocycles. The number of ether oxygens (including phenoxy) is 2. The number of nitrogens with two attached hydrogens (primary N) is 1. The summed E-state index contributed by atoms with van der Waals surface area (Å²) in [6.07, 6.45) is 0.613. The molecule has 2 saturated heterocycles. The van der Waals surface area contributed by atoms with Crippen molar-refractivity contribution in [3.8, 4) is 11.5 Å². The van der Waals surface area contributed by atoms with E-state index in [1.165, 1.54) is 53.1 Å². The van der Waals surface area contributed by atoms with E-state index < -0.39 is 44.0 Å². The largest absolute Gasteiger partial charge is 0.415 e. The van der Waals surface area contributed by atoms with Crippen molar-refractivity contribution in [2.75, 3.05) is 92.4 Å². The van der Waals surface area contributed by atoms with Gasteiger partial charge < -0.3 is 19.6 Å². The van der Waals surface area contributed by atoms with Crippen LogP contribution in [-0.2, 0) is 42.6 Å². The minimum Gasteiger partial charge on any atom is -0.415 e. The topological polar surface area (TPSA) is 207 Å². The summed E-state index contributed by atoms with van der Waals surface area (Å²) in [6.45, 7) is 6.38. The van der Waals surface area contributed by atoms with Gasteiger partial charge in [0.05, 0.1) is 95.9 Å². The predicted octanol–water partition coefficient (Wildman–Crippen LogP) is 5.99. The Hall–Kier alpha value is -4.85. The molecule has 0 amide bonds. The zero-order chi connectivity index (χ0) is 48.8. The summed E-state index contributed by atoms with van der Waals surface area (Å²) in [5.74, 6) is -2.75. The van der Waals surface area contributed by atoms with Crippen LogP contribution in [-0.4, -0.2) is 136 Å². The molecular weight excluding hydrogens is 982 g/mol. The molecule has 368 valence electrons. The van der Waals surface area contributed by atoms with Gasteiger partial charge >= 0.3 is 6.43 Å². The van der Waals surface area contributed by atoms with Crippen LogP contribution in [0.3, 0.4) is 0 Å². The van der Waals surface area contributed by atoms with E-state index in [-0.39, 0.29) is 64.2 Å². The molecule has 17 nitrogen and oxygen atoms in total. The zero-order valence-electron chi connectivity index (χ0n) is 36.5. The molecule has 0 atom stereocenters. The van der Waals surface area contributed by atoms with Crippen molar-refractivity contribution in [3.05, 3.63) is 118 Å². The molecule has 0 radical (unpaired) electrons. The number of anilines is 2. The lowest BCUT2D eigenvalue weighted by atomic mass is 10.2. The SMILES string of the molecule is NCC(=O)c1ccc(CN(c2ccc(F)c(Cl)c2)S(=O)(=O)CCCN2CCOCC2)nc1.O=S(=O)(CCCN1CCOCC1)N(Cc1ccc(-c2nnc(C(F)F)o2)cn1)c1ccc(F)c(Cl)c1. The first-order valence-electron chi connectivity index (χ1n) is 21.3. The average molecular weight is 1030 g/mol. The van der Waals surface area contributed by atoms with Gasteiger partial charge in [0.2, 0.25) is 25.9 Å². The predicted molar refractivity (Wildman–Crippen MR) is 247 cm³/mol. The summed E-state index contributed by atoms with van der Waals surface area (Å²) in [5.41, 5.74) is 7.22. The summed E-state index contributed by atoms with van der Waals surface area (Å²) < 4.78 is 124. The smallest absolute Gasteiger partial charge is 0.314 e. The Morgan fingerprint density at radius 2 is 1.19 bits per heavy atom. The molecule has 2 aliphatic rings. The number of benzene rings is 2. The number of nitrogens with zero attached hydrogens (tertiary/aromatic N) is 8. The van der Waals surface area contributed by atoms with Crippen LogP contribution in [0.2, 0.25) is 10.0 Å². The van der Waals surface area contributed by atoms with Gasteiger partial charge in [-0.2, -0.15) is 8.78 Å². The van der Waals surface area contributed by atoms with Gasteiger partial charge in [-0.25, -0.2) is 25.6 Å². The molecule has 5 aromatic rings. The maximum absolute atomic E-state index is 13.8. The van der Waals surface area contributed by atoms with Gasteiger partial charge in [0.25, 0.3) is 5.89 Å². The van der Waals surface area contributed by atoms with E-state index in [0.717, 1.165) is 42.6 Å². The maximum Gasteiger partial charge on any atom is 0.314 e. The monoisotopic (exact) mass is 1030 g/mol. The highest BCUT2D eigenvalue weighted by molar-refractivity contribution is 7.93. The van der Waals surface area contributed by atoms with Crippen molar-refractivity contribution < 1.29 is 53.1 Å². The molecule has 68 heavy (non-hydrogen) atoms. The Morgan fingerprint density at radius 1 is 0.706 bits per heavy atom. The van der Waals surface area contributed by atoms with E-state index in [1.807, 2.05) is 0 Å². The lowest BCUT2D eigenvalue weighted by Gasteiger charge is -2.28. The van der Waals surface area contributed by atoms with E-state index in [0.29, 0.717) is 74.9 Å². The Kier molecular flexibility index (Phi) is 19.0. The van der Waals surface area contributed by atoms with Gasteiger partial charge in [-0.1, -0.05) is 23.2 Å². The van der Waals surface area contributed by atoms with Crippen molar-refractivity contribution in [3.63, 3.8) is 0 Å².